The first-order valence-corrected chi connectivity index (χ1v) is 9.49. The van der Waals surface area contributed by atoms with Crippen LogP contribution in [0.3, 0.4) is 0 Å². The largest absolute Gasteiger partial charge is 0.444 e. The van der Waals surface area contributed by atoms with E-state index in [9.17, 15) is 4.79 Å². The number of carbonyl (C=O) groups excluding carboxylic acids is 1. The summed E-state index contributed by atoms with van der Waals surface area (Å²) in [5.74, 6) is 0.660. The smallest absolute Gasteiger partial charge is 0.407 e. The summed E-state index contributed by atoms with van der Waals surface area (Å²) >= 11 is 3.47. The minimum absolute atomic E-state index is 0.308. The van der Waals surface area contributed by atoms with Crippen molar-refractivity contribution in [2.75, 3.05) is 6.54 Å². The lowest BCUT2D eigenvalue weighted by molar-refractivity contribution is 0.0520. The van der Waals surface area contributed by atoms with Gasteiger partial charge in [-0.25, -0.2) is 4.79 Å². The second-order valence-corrected chi connectivity index (χ2v) is 8.64. The predicted octanol–water partition coefficient (Wildman–Crippen LogP) is 4.27. The summed E-state index contributed by atoms with van der Waals surface area (Å²) in [6.07, 6.45) is 3.11. The van der Waals surface area contributed by atoms with Crippen molar-refractivity contribution in [1.82, 2.24) is 10.6 Å². The van der Waals surface area contributed by atoms with Crippen LogP contribution >= 0.6 is 15.9 Å². The SMILES string of the molecule is CC(Cc1ccc(Br)cc1)NC(CNC(=O)OC(C)(C)C)C1CC1. The molecule has 0 aliphatic heterocycles. The molecule has 24 heavy (non-hydrogen) atoms. The summed E-state index contributed by atoms with van der Waals surface area (Å²) in [6, 6.07) is 9.11. The molecule has 2 rings (SSSR count). The number of hydrogen-bond donors (Lipinski definition) is 2. The Morgan fingerprint density at radius 3 is 2.46 bits per heavy atom. The lowest BCUT2D eigenvalue weighted by Crippen LogP contribution is -2.47. The lowest BCUT2D eigenvalue weighted by Gasteiger charge is -2.25. The minimum Gasteiger partial charge on any atom is -0.444 e. The Kier molecular flexibility index (Phi) is 6.70. The first-order valence-electron chi connectivity index (χ1n) is 8.70. The number of alkyl carbamates (subject to hydrolysis) is 1. The van der Waals surface area contributed by atoms with E-state index in [2.05, 4.69) is 57.8 Å². The van der Waals surface area contributed by atoms with Crippen molar-refractivity contribution in [3.05, 3.63) is 34.3 Å². The summed E-state index contributed by atoms with van der Waals surface area (Å²) in [5.41, 5.74) is 0.856. The van der Waals surface area contributed by atoms with E-state index in [1.54, 1.807) is 0 Å². The van der Waals surface area contributed by atoms with Gasteiger partial charge in [-0.1, -0.05) is 28.1 Å². The highest BCUT2D eigenvalue weighted by Gasteiger charge is 2.32. The number of nitrogens with one attached hydrogen (secondary N) is 2. The van der Waals surface area contributed by atoms with E-state index < -0.39 is 5.60 Å². The third kappa shape index (κ3) is 7.22. The van der Waals surface area contributed by atoms with E-state index in [1.165, 1.54) is 18.4 Å². The molecule has 1 aromatic carbocycles. The summed E-state index contributed by atoms with van der Waals surface area (Å²) in [7, 11) is 0. The van der Waals surface area contributed by atoms with Gasteiger partial charge < -0.3 is 15.4 Å². The normalized spacial score (nSPS) is 17.2. The molecular formula is C19H29BrN2O2. The minimum atomic E-state index is -0.457. The number of hydrogen-bond acceptors (Lipinski definition) is 3. The Hall–Kier alpha value is -1.07. The van der Waals surface area contributed by atoms with E-state index in [4.69, 9.17) is 4.74 Å². The molecule has 4 nitrogen and oxygen atoms in total. The maximum atomic E-state index is 11.8. The highest BCUT2D eigenvalue weighted by molar-refractivity contribution is 9.10. The zero-order valence-electron chi connectivity index (χ0n) is 15.1. The molecule has 1 aliphatic rings. The van der Waals surface area contributed by atoms with E-state index in [0.29, 0.717) is 24.5 Å². The second-order valence-electron chi connectivity index (χ2n) is 7.73. The van der Waals surface area contributed by atoms with Gasteiger partial charge in [0.1, 0.15) is 5.60 Å². The Balaban J connectivity index is 1.80. The molecule has 5 heteroatoms. The van der Waals surface area contributed by atoms with Gasteiger partial charge in [0.25, 0.3) is 0 Å². The zero-order valence-corrected chi connectivity index (χ0v) is 16.7. The fourth-order valence-corrected chi connectivity index (χ4v) is 3.03. The molecule has 1 saturated carbocycles. The van der Waals surface area contributed by atoms with Gasteiger partial charge in [0.15, 0.2) is 0 Å². The van der Waals surface area contributed by atoms with Crippen LogP contribution < -0.4 is 10.6 Å². The second kappa shape index (κ2) is 8.34. The average molecular weight is 397 g/mol. The molecule has 1 aliphatic carbocycles. The van der Waals surface area contributed by atoms with Crippen LogP contribution in [0.2, 0.25) is 0 Å². The fraction of sp³-hybridized carbons (Fsp3) is 0.632. The molecular weight excluding hydrogens is 368 g/mol. The number of amides is 1. The molecule has 0 bridgehead atoms. The van der Waals surface area contributed by atoms with Crippen molar-refractivity contribution in [3.8, 4) is 0 Å². The summed E-state index contributed by atoms with van der Waals surface area (Å²) in [4.78, 5) is 11.8. The van der Waals surface area contributed by atoms with Crippen molar-refractivity contribution in [2.24, 2.45) is 5.92 Å². The number of halogens is 1. The van der Waals surface area contributed by atoms with Gasteiger partial charge >= 0.3 is 6.09 Å². The Labute approximate surface area is 153 Å². The summed E-state index contributed by atoms with van der Waals surface area (Å²) < 4.78 is 6.42. The number of carbonyl (C=O) groups is 1. The molecule has 0 heterocycles. The maximum absolute atomic E-state index is 11.8. The quantitative estimate of drug-likeness (QED) is 0.723. The van der Waals surface area contributed by atoms with Crippen LogP contribution in [0.4, 0.5) is 4.79 Å². The van der Waals surface area contributed by atoms with E-state index in [0.717, 1.165) is 10.9 Å². The molecule has 134 valence electrons. The standard InChI is InChI=1S/C19H29BrN2O2/c1-13(11-14-5-9-16(20)10-6-14)22-17(15-7-8-15)12-21-18(23)24-19(2,3)4/h5-6,9-10,13,15,17,22H,7-8,11-12H2,1-4H3,(H,21,23). The Morgan fingerprint density at radius 2 is 1.92 bits per heavy atom. The highest BCUT2D eigenvalue weighted by Crippen LogP contribution is 2.32. The topological polar surface area (TPSA) is 50.4 Å². The zero-order chi connectivity index (χ0) is 17.7. The van der Waals surface area contributed by atoms with Crippen molar-refractivity contribution < 1.29 is 9.53 Å². The number of benzene rings is 1. The van der Waals surface area contributed by atoms with Crippen LogP contribution in [-0.4, -0.2) is 30.3 Å². The van der Waals surface area contributed by atoms with Gasteiger partial charge in [-0.15, -0.1) is 0 Å². The van der Waals surface area contributed by atoms with Crippen LogP contribution in [0.5, 0.6) is 0 Å². The van der Waals surface area contributed by atoms with Gasteiger partial charge in [0, 0.05) is 23.1 Å². The molecule has 0 spiro atoms. The molecule has 1 amide bonds. The third-order valence-corrected chi connectivity index (χ3v) is 4.54. The van der Waals surface area contributed by atoms with Gasteiger partial charge in [-0.3, -0.25) is 0 Å². The maximum Gasteiger partial charge on any atom is 0.407 e. The van der Waals surface area contributed by atoms with Crippen molar-refractivity contribution in [2.45, 2.75) is 64.6 Å². The van der Waals surface area contributed by atoms with Crippen LogP contribution in [0.15, 0.2) is 28.7 Å². The molecule has 2 N–H and O–H groups in total. The Morgan fingerprint density at radius 1 is 1.29 bits per heavy atom. The van der Waals surface area contributed by atoms with E-state index in [-0.39, 0.29) is 6.09 Å². The van der Waals surface area contributed by atoms with Crippen LogP contribution in [0, 0.1) is 5.92 Å². The highest BCUT2D eigenvalue weighted by atomic mass is 79.9. The van der Waals surface area contributed by atoms with Crippen molar-refractivity contribution in [3.63, 3.8) is 0 Å². The van der Waals surface area contributed by atoms with Crippen LogP contribution in [0.25, 0.3) is 0 Å². The van der Waals surface area contributed by atoms with Gasteiger partial charge in [0.05, 0.1) is 0 Å². The van der Waals surface area contributed by atoms with E-state index >= 15 is 0 Å². The fourth-order valence-electron chi connectivity index (χ4n) is 2.77. The molecule has 1 aromatic rings. The van der Waals surface area contributed by atoms with Crippen LogP contribution in [-0.2, 0) is 11.2 Å². The number of rotatable bonds is 7. The van der Waals surface area contributed by atoms with Crippen molar-refractivity contribution in [1.29, 1.82) is 0 Å². The van der Waals surface area contributed by atoms with Crippen LogP contribution in [0.1, 0.15) is 46.1 Å². The molecule has 2 unspecified atom stereocenters. The van der Waals surface area contributed by atoms with Gasteiger partial charge in [0.2, 0.25) is 0 Å². The van der Waals surface area contributed by atoms with Gasteiger partial charge in [-0.2, -0.15) is 0 Å². The molecule has 1 fully saturated rings. The lowest BCUT2D eigenvalue weighted by atomic mass is 10.1. The number of ether oxygens (including phenoxy) is 1. The monoisotopic (exact) mass is 396 g/mol. The summed E-state index contributed by atoms with van der Waals surface area (Å²) in [5, 5.41) is 6.59. The molecule has 0 aromatic heterocycles. The molecule has 2 atom stereocenters. The van der Waals surface area contributed by atoms with Gasteiger partial charge in [-0.05, 0) is 70.6 Å². The average Bonchev–Trinajstić information content (AvgIpc) is 3.28. The first-order chi connectivity index (χ1) is 11.2. The first kappa shape index (κ1) is 19.3. The predicted molar refractivity (Wildman–Crippen MR) is 101 cm³/mol. The molecule has 0 saturated heterocycles. The van der Waals surface area contributed by atoms with Crippen molar-refractivity contribution >= 4 is 22.0 Å². The van der Waals surface area contributed by atoms with E-state index in [1.807, 2.05) is 20.8 Å². The summed E-state index contributed by atoms with van der Waals surface area (Å²) in [6.45, 7) is 8.45. The Bertz CT molecular complexity index is 535. The third-order valence-electron chi connectivity index (χ3n) is 4.01. The molecule has 0 radical (unpaired) electrons.